The van der Waals surface area contributed by atoms with E-state index in [-0.39, 0.29) is 16.9 Å². The summed E-state index contributed by atoms with van der Waals surface area (Å²) in [6, 6.07) is 5.53. The molecule has 0 saturated heterocycles. The van der Waals surface area contributed by atoms with E-state index in [2.05, 4.69) is 20.8 Å². The van der Waals surface area contributed by atoms with Crippen LogP contribution in [0, 0.1) is 5.41 Å². The van der Waals surface area contributed by atoms with E-state index in [9.17, 15) is 9.90 Å². The molecule has 1 aromatic rings. The van der Waals surface area contributed by atoms with Crippen molar-refractivity contribution in [2.75, 3.05) is 0 Å². The fourth-order valence-electron chi connectivity index (χ4n) is 1.77. The van der Waals surface area contributed by atoms with Gasteiger partial charge in [-0.3, -0.25) is 4.79 Å². The summed E-state index contributed by atoms with van der Waals surface area (Å²) in [7, 11) is 0. The van der Waals surface area contributed by atoms with Gasteiger partial charge in [0.05, 0.1) is 0 Å². The fourth-order valence-corrected chi connectivity index (χ4v) is 1.77. The minimum absolute atomic E-state index is 0.0724. The second kappa shape index (κ2) is 4.69. The molecule has 16 heavy (non-hydrogen) atoms. The van der Waals surface area contributed by atoms with E-state index in [1.54, 1.807) is 6.07 Å². The Balaban J connectivity index is 2.93. The molecule has 0 spiro atoms. The Morgan fingerprint density at radius 3 is 2.44 bits per heavy atom. The first-order chi connectivity index (χ1) is 7.28. The molecule has 0 fully saturated rings. The van der Waals surface area contributed by atoms with Crippen LogP contribution in [0.3, 0.4) is 0 Å². The van der Waals surface area contributed by atoms with E-state index in [0.717, 1.165) is 12.0 Å². The van der Waals surface area contributed by atoms with Crippen LogP contribution in [0.1, 0.15) is 38.8 Å². The quantitative estimate of drug-likeness (QED) is 0.849. The minimum Gasteiger partial charge on any atom is -0.508 e. The summed E-state index contributed by atoms with van der Waals surface area (Å²) >= 11 is 0. The van der Waals surface area contributed by atoms with Crippen LogP contribution in [0.25, 0.3) is 0 Å². The summed E-state index contributed by atoms with van der Waals surface area (Å²) in [5.41, 5.74) is 2.11. The molecule has 1 N–H and O–H groups in total. The normalized spacial score (nSPS) is 11.5. The van der Waals surface area contributed by atoms with Crippen LogP contribution >= 0.6 is 0 Å². The van der Waals surface area contributed by atoms with E-state index >= 15 is 0 Å². The van der Waals surface area contributed by atoms with Gasteiger partial charge in [-0.25, -0.2) is 0 Å². The Bertz CT molecular complexity index is 386. The number of carbonyl (C=O) groups is 1. The second-order valence-electron chi connectivity index (χ2n) is 5.58. The first-order valence-corrected chi connectivity index (χ1v) is 5.58. The van der Waals surface area contributed by atoms with Gasteiger partial charge in [0.1, 0.15) is 11.5 Å². The van der Waals surface area contributed by atoms with Crippen LogP contribution in [0.5, 0.6) is 5.75 Å². The van der Waals surface area contributed by atoms with Crippen LogP contribution in [0.4, 0.5) is 0 Å². The van der Waals surface area contributed by atoms with Gasteiger partial charge in [-0.2, -0.15) is 0 Å². The summed E-state index contributed by atoms with van der Waals surface area (Å²) in [6.07, 6.45) is 1.25. The maximum absolute atomic E-state index is 11.1. The van der Waals surface area contributed by atoms with Crippen LogP contribution in [0.2, 0.25) is 0 Å². The van der Waals surface area contributed by atoms with Gasteiger partial charge < -0.3 is 5.11 Å². The maximum atomic E-state index is 11.1. The minimum atomic E-state index is 0.0724. The van der Waals surface area contributed by atoms with Gasteiger partial charge in [-0.15, -0.1) is 0 Å². The lowest BCUT2D eigenvalue weighted by Crippen LogP contribution is -2.09. The van der Waals surface area contributed by atoms with E-state index in [4.69, 9.17) is 0 Å². The SMILES string of the molecule is CC(=O)Cc1cc(CC(C)(C)C)ccc1O. The topological polar surface area (TPSA) is 37.3 Å². The van der Waals surface area contributed by atoms with Gasteiger partial charge in [0.15, 0.2) is 0 Å². The Morgan fingerprint density at radius 1 is 1.31 bits per heavy atom. The average molecular weight is 220 g/mol. The number of phenolic OH excluding ortho intramolecular Hbond substituents is 1. The fraction of sp³-hybridized carbons (Fsp3) is 0.500. The number of hydrogen-bond donors (Lipinski definition) is 1. The maximum Gasteiger partial charge on any atom is 0.134 e. The third-order valence-electron chi connectivity index (χ3n) is 2.32. The molecule has 0 aromatic heterocycles. The van der Waals surface area contributed by atoms with Crippen LogP contribution in [0.15, 0.2) is 18.2 Å². The highest BCUT2D eigenvalue weighted by Crippen LogP contribution is 2.25. The lowest BCUT2D eigenvalue weighted by Gasteiger charge is -2.18. The predicted molar refractivity (Wildman–Crippen MR) is 65.7 cm³/mol. The van der Waals surface area contributed by atoms with Gasteiger partial charge in [0.25, 0.3) is 0 Å². The number of benzene rings is 1. The van der Waals surface area contributed by atoms with Crippen molar-refractivity contribution in [3.05, 3.63) is 29.3 Å². The zero-order valence-electron chi connectivity index (χ0n) is 10.5. The van der Waals surface area contributed by atoms with E-state index in [1.165, 1.54) is 12.5 Å². The molecule has 0 bridgehead atoms. The Hall–Kier alpha value is -1.31. The molecule has 0 aliphatic carbocycles. The second-order valence-corrected chi connectivity index (χ2v) is 5.58. The highest BCUT2D eigenvalue weighted by atomic mass is 16.3. The van der Waals surface area contributed by atoms with Crippen molar-refractivity contribution in [3.63, 3.8) is 0 Å². The summed E-state index contributed by atoms with van der Waals surface area (Å²) in [5, 5.41) is 9.63. The zero-order chi connectivity index (χ0) is 12.3. The third kappa shape index (κ3) is 4.05. The van der Waals surface area contributed by atoms with Gasteiger partial charge in [0, 0.05) is 12.0 Å². The molecule has 88 valence electrons. The predicted octanol–water partition coefficient (Wildman–Crippen LogP) is 3.11. The van der Waals surface area contributed by atoms with Crippen molar-refractivity contribution in [1.29, 1.82) is 0 Å². The molecule has 0 saturated carbocycles. The first kappa shape index (κ1) is 12.8. The molecule has 0 aliphatic rings. The molecule has 0 atom stereocenters. The summed E-state index contributed by atoms with van der Waals surface area (Å²) in [6.45, 7) is 8.05. The van der Waals surface area contributed by atoms with Crippen LogP contribution < -0.4 is 0 Å². The van der Waals surface area contributed by atoms with Crippen molar-refractivity contribution >= 4 is 5.78 Å². The van der Waals surface area contributed by atoms with E-state index in [1.807, 2.05) is 12.1 Å². The van der Waals surface area contributed by atoms with Gasteiger partial charge >= 0.3 is 0 Å². The zero-order valence-corrected chi connectivity index (χ0v) is 10.5. The van der Waals surface area contributed by atoms with E-state index < -0.39 is 0 Å². The molecule has 0 aliphatic heterocycles. The molecular weight excluding hydrogens is 200 g/mol. The lowest BCUT2D eigenvalue weighted by atomic mass is 9.87. The monoisotopic (exact) mass is 220 g/mol. The number of aromatic hydroxyl groups is 1. The smallest absolute Gasteiger partial charge is 0.134 e. The van der Waals surface area contributed by atoms with Crippen molar-refractivity contribution in [1.82, 2.24) is 0 Å². The molecular formula is C14H20O2. The number of ketones is 1. The average Bonchev–Trinajstić information content (AvgIpc) is 2.07. The number of hydrogen-bond acceptors (Lipinski definition) is 2. The molecule has 0 heterocycles. The lowest BCUT2D eigenvalue weighted by molar-refractivity contribution is -0.116. The number of carbonyl (C=O) groups excluding carboxylic acids is 1. The Morgan fingerprint density at radius 2 is 1.94 bits per heavy atom. The molecule has 0 amide bonds. The third-order valence-corrected chi connectivity index (χ3v) is 2.32. The largest absolute Gasteiger partial charge is 0.508 e. The van der Waals surface area contributed by atoms with Gasteiger partial charge in [0.2, 0.25) is 0 Å². The van der Waals surface area contributed by atoms with Crippen LogP contribution in [-0.4, -0.2) is 10.9 Å². The highest BCUT2D eigenvalue weighted by Gasteiger charge is 2.13. The molecule has 0 radical (unpaired) electrons. The van der Waals surface area contributed by atoms with Crippen molar-refractivity contribution in [2.45, 2.75) is 40.5 Å². The summed E-state index contributed by atoms with van der Waals surface area (Å²) in [5.74, 6) is 0.288. The van der Waals surface area contributed by atoms with Crippen molar-refractivity contribution in [3.8, 4) is 5.75 Å². The molecule has 1 aromatic carbocycles. The number of rotatable bonds is 3. The highest BCUT2D eigenvalue weighted by molar-refractivity contribution is 5.79. The molecule has 2 nitrogen and oxygen atoms in total. The first-order valence-electron chi connectivity index (χ1n) is 5.58. The van der Waals surface area contributed by atoms with Crippen LogP contribution in [-0.2, 0) is 17.6 Å². The van der Waals surface area contributed by atoms with Crippen molar-refractivity contribution < 1.29 is 9.90 Å². The Labute approximate surface area is 97.3 Å². The number of phenols is 1. The molecule has 0 unspecified atom stereocenters. The number of Topliss-reactive ketones (excluding diaryl/α,β-unsaturated/α-hetero) is 1. The standard InChI is InChI=1S/C14H20O2/c1-10(15)7-12-8-11(5-6-13(12)16)9-14(2,3)4/h5-6,8,16H,7,9H2,1-4H3. The van der Waals surface area contributed by atoms with E-state index in [0.29, 0.717) is 6.42 Å². The molecule has 1 rings (SSSR count). The van der Waals surface area contributed by atoms with Gasteiger partial charge in [-0.1, -0.05) is 32.9 Å². The molecule has 2 heteroatoms. The summed E-state index contributed by atoms with van der Waals surface area (Å²) < 4.78 is 0. The van der Waals surface area contributed by atoms with Crippen molar-refractivity contribution in [2.24, 2.45) is 5.41 Å². The Kier molecular flexibility index (Phi) is 3.74. The summed E-state index contributed by atoms with van der Waals surface area (Å²) in [4.78, 5) is 11.1. The van der Waals surface area contributed by atoms with Gasteiger partial charge in [-0.05, 0) is 30.4 Å².